The van der Waals surface area contributed by atoms with Gasteiger partial charge in [0.15, 0.2) is 0 Å². The van der Waals surface area contributed by atoms with Gasteiger partial charge in [-0.05, 0) is 37.1 Å². The Balaban J connectivity index is 0.00000133. The Morgan fingerprint density at radius 2 is 1.79 bits per heavy atom. The maximum absolute atomic E-state index is 9.20. The molecule has 0 bridgehead atoms. The lowest BCUT2D eigenvalue weighted by Crippen LogP contribution is -2.17. The number of fused-ring (bicyclic) bond motifs is 1. The van der Waals surface area contributed by atoms with E-state index < -0.39 is 0 Å². The lowest BCUT2D eigenvalue weighted by molar-refractivity contribution is 0.949. The van der Waals surface area contributed by atoms with E-state index in [9.17, 15) is 5.26 Å². The maximum atomic E-state index is 9.20. The van der Waals surface area contributed by atoms with Crippen LogP contribution in [0.25, 0.3) is 10.8 Å². The Hall–Kier alpha value is -1.24. The van der Waals surface area contributed by atoms with E-state index in [4.69, 9.17) is 0 Å². The fraction of sp³-hybridized carbons (Fsp3) is 0.267. The summed E-state index contributed by atoms with van der Waals surface area (Å²) in [4.78, 5) is 2.41. The van der Waals surface area contributed by atoms with E-state index in [1.165, 1.54) is 23.9 Å². The summed E-state index contributed by atoms with van der Waals surface area (Å²) in [6.45, 7) is 2.24. The number of hydrogen-bond acceptors (Lipinski definition) is 2. The summed E-state index contributed by atoms with van der Waals surface area (Å²) < 4.78 is 1.02. The molecule has 2 aromatic rings. The first kappa shape index (κ1) is 14.2. The van der Waals surface area contributed by atoms with Crippen LogP contribution in [0.2, 0.25) is 0 Å². The molecular formula is C15H14BrClN2. The average Bonchev–Trinajstić information content (AvgIpc) is 2.91. The smallest absolute Gasteiger partial charge is 0.0998 e. The van der Waals surface area contributed by atoms with Crippen molar-refractivity contribution in [3.8, 4) is 6.07 Å². The molecule has 0 aliphatic carbocycles. The molecule has 2 aromatic carbocycles. The highest BCUT2D eigenvalue weighted by molar-refractivity contribution is 9.10. The quantitative estimate of drug-likeness (QED) is 0.766. The molecule has 0 atom stereocenters. The van der Waals surface area contributed by atoms with E-state index in [1.54, 1.807) is 0 Å². The van der Waals surface area contributed by atoms with Crippen LogP contribution in [-0.4, -0.2) is 13.1 Å². The van der Waals surface area contributed by atoms with Gasteiger partial charge >= 0.3 is 0 Å². The summed E-state index contributed by atoms with van der Waals surface area (Å²) in [5.74, 6) is 0. The van der Waals surface area contributed by atoms with Crippen LogP contribution in [0, 0.1) is 11.3 Å². The fourth-order valence-corrected chi connectivity index (χ4v) is 3.00. The van der Waals surface area contributed by atoms with E-state index in [0.717, 1.165) is 28.5 Å². The van der Waals surface area contributed by atoms with Gasteiger partial charge in [-0.2, -0.15) is 5.26 Å². The lowest BCUT2D eigenvalue weighted by Gasteiger charge is -2.20. The van der Waals surface area contributed by atoms with Crippen molar-refractivity contribution in [3.63, 3.8) is 0 Å². The Labute approximate surface area is 127 Å². The minimum Gasteiger partial charge on any atom is -0.371 e. The van der Waals surface area contributed by atoms with Crippen LogP contribution in [0.15, 0.2) is 34.8 Å². The predicted octanol–water partition coefficient (Wildman–Crippen LogP) is 4.50. The van der Waals surface area contributed by atoms with Crippen molar-refractivity contribution in [2.75, 3.05) is 18.0 Å². The number of nitriles is 1. The first-order chi connectivity index (χ1) is 8.79. The minimum absolute atomic E-state index is 0. The third kappa shape index (κ3) is 2.56. The molecule has 2 nitrogen and oxygen atoms in total. The van der Waals surface area contributed by atoms with Crippen molar-refractivity contribution in [1.29, 1.82) is 5.26 Å². The summed E-state index contributed by atoms with van der Waals surface area (Å²) in [7, 11) is 0. The van der Waals surface area contributed by atoms with E-state index in [-0.39, 0.29) is 12.4 Å². The molecule has 0 N–H and O–H groups in total. The molecular weight excluding hydrogens is 324 g/mol. The topological polar surface area (TPSA) is 27.0 Å². The molecule has 0 unspecified atom stereocenters. The van der Waals surface area contributed by atoms with Gasteiger partial charge in [-0.3, -0.25) is 0 Å². The summed E-state index contributed by atoms with van der Waals surface area (Å²) in [5.41, 5.74) is 2.00. The molecule has 1 saturated heterocycles. The molecule has 0 spiro atoms. The highest BCUT2D eigenvalue weighted by Gasteiger charge is 2.16. The van der Waals surface area contributed by atoms with Gasteiger partial charge in [0.25, 0.3) is 0 Å². The fourth-order valence-electron chi connectivity index (χ4n) is 2.64. The van der Waals surface area contributed by atoms with Crippen LogP contribution in [0.5, 0.6) is 0 Å². The average molecular weight is 338 g/mol. The zero-order chi connectivity index (χ0) is 12.5. The van der Waals surface area contributed by atoms with E-state index in [1.807, 2.05) is 18.2 Å². The first-order valence-electron chi connectivity index (χ1n) is 6.17. The van der Waals surface area contributed by atoms with Gasteiger partial charge in [0.1, 0.15) is 0 Å². The molecule has 19 heavy (non-hydrogen) atoms. The van der Waals surface area contributed by atoms with Crippen molar-refractivity contribution in [2.24, 2.45) is 0 Å². The van der Waals surface area contributed by atoms with E-state index in [0.29, 0.717) is 0 Å². The molecule has 0 aromatic heterocycles. The zero-order valence-electron chi connectivity index (χ0n) is 10.4. The van der Waals surface area contributed by atoms with Crippen molar-refractivity contribution in [3.05, 3.63) is 40.4 Å². The van der Waals surface area contributed by atoms with Crippen molar-refractivity contribution < 1.29 is 0 Å². The van der Waals surface area contributed by atoms with Gasteiger partial charge in [0.05, 0.1) is 11.6 Å². The normalized spacial score (nSPS) is 14.2. The van der Waals surface area contributed by atoms with Gasteiger partial charge in [0, 0.05) is 34.0 Å². The summed E-state index contributed by atoms with van der Waals surface area (Å²) >= 11 is 3.48. The number of anilines is 1. The Bertz CT molecular complexity index is 642. The molecule has 1 heterocycles. The second-order valence-electron chi connectivity index (χ2n) is 4.63. The number of benzene rings is 2. The summed E-state index contributed by atoms with van der Waals surface area (Å²) in [5, 5.41) is 11.4. The van der Waals surface area contributed by atoms with Crippen molar-refractivity contribution in [1.82, 2.24) is 0 Å². The highest BCUT2D eigenvalue weighted by atomic mass is 79.9. The molecule has 1 aliphatic heterocycles. The lowest BCUT2D eigenvalue weighted by atomic mass is 10.0. The van der Waals surface area contributed by atoms with Crippen LogP contribution in [-0.2, 0) is 0 Å². The van der Waals surface area contributed by atoms with Crippen molar-refractivity contribution >= 4 is 44.8 Å². The van der Waals surface area contributed by atoms with E-state index in [2.05, 4.69) is 39.0 Å². The molecule has 98 valence electrons. The highest BCUT2D eigenvalue weighted by Crippen LogP contribution is 2.33. The third-order valence-corrected chi connectivity index (χ3v) is 4.02. The Morgan fingerprint density at radius 3 is 2.47 bits per heavy atom. The molecule has 0 radical (unpaired) electrons. The second-order valence-corrected chi connectivity index (χ2v) is 5.54. The largest absolute Gasteiger partial charge is 0.371 e. The van der Waals surface area contributed by atoms with Crippen LogP contribution < -0.4 is 4.90 Å². The zero-order valence-corrected chi connectivity index (χ0v) is 12.8. The predicted molar refractivity (Wildman–Crippen MR) is 85.1 cm³/mol. The molecule has 1 fully saturated rings. The minimum atomic E-state index is 0. The Kier molecular flexibility index (Phi) is 4.34. The summed E-state index contributed by atoms with van der Waals surface area (Å²) in [6.07, 6.45) is 2.52. The Morgan fingerprint density at radius 1 is 1.05 bits per heavy atom. The monoisotopic (exact) mass is 336 g/mol. The number of hydrogen-bond donors (Lipinski definition) is 0. The van der Waals surface area contributed by atoms with Gasteiger partial charge in [-0.15, -0.1) is 12.4 Å². The molecule has 3 rings (SSSR count). The molecule has 0 saturated carbocycles. The second kappa shape index (κ2) is 5.81. The molecule has 4 heteroatoms. The first-order valence-corrected chi connectivity index (χ1v) is 6.96. The number of halogens is 2. The third-order valence-electron chi connectivity index (χ3n) is 3.52. The number of nitrogens with zero attached hydrogens (tertiary/aromatic N) is 2. The van der Waals surface area contributed by atoms with Gasteiger partial charge in [-0.25, -0.2) is 0 Å². The SMILES string of the molecule is Cl.N#Cc1ccc(N2CCCC2)c2ccc(Br)cc12. The van der Waals surface area contributed by atoms with Crippen LogP contribution in [0.1, 0.15) is 18.4 Å². The van der Waals surface area contributed by atoms with Gasteiger partial charge in [-0.1, -0.05) is 22.0 Å². The summed E-state index contributed by atoms with van der Waals surface area (Å²) in [6, 6.07) is 12.5. The van der Waals surface area contributed by atoms with Crippen LogP contribution in [0.3, 0.4) is 0 Å². The van der Waals surface area contributed by atoms with Gasteiger partial charge in [0.2, 0.25) is 0 Å². The van der Waals surface area contributed by atoms with Crippen LogP contribution in [0.4, 0.5) is 5.69 Å². The van der Waals surface area contributed by atoms with Gasteiger partial charge < -0.3 is 4.90 Å². The molecule has 0 amide bonds. The number of rotatable bonds is 1. The maximum Gasteiger partial charge on any atom is 0.0998 e. The standard InChI is InChI=1S/C15H13BrN2.ClH/c16-12-4-5-13-14(9-12)11(10-17)3-6-15(13)18-7-1-2-8-18;/h3-6,9H,1-2,7-8H2;1H. The van der Waals surface area contributed by atoms with Crippen LogP contribution >= 0.6 is 28.3 Å². The molecule has 1 aliphatic rings. The van der Waals surface area contributed by atoms with E-state index >= 15 is 0 Å². The van der Waals surface area contributed by atoms with Crippen molar-refractivity contribution in [2.45, 2.75) is 12.8 Å².